The highest BCUT2D eigenvalue weighted by Gasteiger charge is 2.16. The van der Waals surface area contributed by atoms with E-state index in [0.29, 0.717) is 23.0 Å². The Hall–Kier alpha value is -1.13. The molecule has 0 bridgehead atoms. The van der Waals surface area contributed by atoms with Crippen LogP contribution in [0.3, 0.4) is 0 Å². The van der Waals surface area contributed by atoms with E-state index in [2.05, 4.69) is 10.3 Å². The lowest BCUT2D eigenvalue weighted by molar-refractivity contribution is 0.0950. The summed E-state index contributed by atoms with van der Waals surface area (Å²) < 4.78 is 5.28. The molecule has 0 aromatic carbocycles. The molecule has 0 saturated carbocycles. The molecule has 0 spiro atoms. The monoisotopic (exact) mass is 254 g/mol. The molecular weight excluding hydrogens is 240 g/mol. The van der Waals surface area contributed by atoms with Crippen LogP contribution in [0.1, 0.15) is 23.2 Å². The zero-order valence-corrected chi connectivity index (χ0v) is 10.2. The SMILES string of the molecule is O=C(NCC[C@H]1CCOC1)c1ccncc1Cl. The summed E-state index contributed by atoms with van der Waals surface area (Å²) in [5.41, 5.74) is 0.476. The van der Waals surface area contributed by atoms with Crippen LogP contribution >= 0.6 is 11.6 Å². The number of pyridine rings is 1. The quantitative estimate of drug-likeness (QED) is 0.893. The minimum Gasteiger partial charge on any atom is -0.381 e. The van der Waals surface area contributed by atoms with Gasteiger partial charge in [-0.15, -0.1) is 0 Å². The summed E-state index contributed by atoms with van der Waals surface area (Å²) in [6.45, 7) is 2.31. The van der Waals surface area contributed by atoms with Crippen molar-refractivity contribution >= 4 is 17.5 Å². The third-order valence-electron chi connectivity index (χ3n) is 2.88. The highest BCUT2D eigenvalue weighted by Crippen LogP contribution is 2.16. The van der Waals surface area contributed by atoms with Crippen LogP contribution in [-0.4, -0.2) is 30.6 Å². The van der Waals surface area contributed by atoms with Crippen LogP contribution in [0.15, 0.2) is 18.5 Å². The predicted octanol–water partition coefficient (Wildman–Crippen LogP) is 1.89. The molecule has 5 heteroatoms. The van der Waals surface area contributed by atoms with E-state index in [1.165, 1.54) is 6.20 Å². The molecule has 17 heavy (non-hydrogen) atoms. The largest absolute Gasteiger partial charge is 0.381 e. The van der Waals surface area contributed by atoms with Crippen molar-refractivity contribution in [3.8, 4) is 0 Å². The highest BCUT2D eigenvalue weighted by atomic mass is 35.5. The second-order valence-corrected chi connectivity index (χ2v) is 4.54. The van der Waals surface area contributed by atoms with Crippen molar-refractivity contribution in [3.63, 3.8) is 0 Å². The van der Waals surface area contributed by atoms with Crippen molar-refractivity contribution in [2.45, 2.75) is 12.8 Å². The van der Waals surface area contributed by atoms with Gasteiger partial charge in [-0.2, -0.15) is 0 Å². The van der Waals surface area contributed by atoms with Gasteiger partial charge in [-0.3, -0.25) is 9.78 Å². The molecule has 1 fully saturated rings. The topological polar surface area (TPSA) is 51.2 Å². The number of halogens is 1. The van der Waals surface area contributed by atoms with Crippen molar-refractivity contribution in [3.05, 3.63) is 29.0 Å². The average Bonchev–Trinajstić information content (AvgIpc) is 2.82. The van der Waals surface area contributed by atoms with Crippen LogP contribution in [0, 0.1) is 5.92 Å². The van der Waals surface area contributed by atoms with Gasteiger partial charge >= 0.3 is 0 Å². The van der Waals surface area contributed by atoms with E-state index in [9.17, 15) is 4.79 Å². The van der Waals surface area contributed by atoms with Crippen LogP contribution in [0.2, 0.25) is 5.02 Å². The maximum absolute atomic E-state index is 11.8. The molecule has 0 aliphatic carbocycles. The summed E-state index contributed by atoms with van der Waals surface area (Å²) in [4.78, 5) is 15.6. The Morgan fingerprint density at radius 1 is 1.65 bits per heavy atom. The molecule has 1 amide bonds. The Morgan fingerprint density at radius 3 is 3.24 bits per heavy atom. The summed E-state index contributed by atoms with van der Waals surface area (Å²) >= 11 is 5.88. The lowest BCUT2D eigenvalue weighted by Gasteiger charge is -2.09. The van der Waals surface area contributed by atoms with Crippen LogP contribution in [-0.2, 0) is 4.74 Å². The first-order valence-electron chi connectivity index (χ1n) is 5.73. The number of amides is 1. The van der Waals surface area contributed by atoms with Crippen LogP contribution in [0.5, 0.6) is 0 Å². The summed E-state index contributed by atoms with van der Waals surface area (Å²) in [5.74, 6) is 0.430. The lowest BCUT2D eigenvalue weighted by atomic mass is 10.1. The first kappa shape index (κ1) is 12.3. The van der Waals surface area contributed by atoms with Gasteiger partial charge in [0.25, 0.3) is 5.91 Å². The number of nitrogens with zero attached hydrogens (tertiary/aromatic N) is 1. The number of hydrogen-bond donors (Lipinski definition) is 1. The number of nitrogens with one attached hydrogen (secondary N) is 1. The third-order valence-corrected chi connectivity index (χ3v) is 3.18. The highest BCUT2D eigenvalue weighted by molar-refractivity contribution is 6.33. The number of carbonyl (C=O) groups is 1. The van der Waals surface area contributed by atoms with Gasteiger partial charge in [0.2, 0.25) is 0 Å². The van der Waals surface area contributed by atoms with Crippen LogP contribution in [0.4, 0.5) is 0 Å². The fourth-order valence-corrected chi connectivity index (χ4v) is 2.06. The van der Waals surface area contributed by atoms with E-state index in [4.69, 9.17) is 16.3 Å². The standard InChI is InChI=1S/C12H15ClN2O2/c13-11-7-14-4-2-10(11)12(16)15-5-1-9-3-6-17-8-9/h2,4,7,9H,1,3,5-6,8H2,(H,15,16)/t9-/m0/s1. The van der Waals surface area contributed by atoms with Gasteiger partial charge in [0.15, 0.2) is 0 Å². The molecule has 1 saturated heterocycles. The molecule has 1 aliphatic rings. The van der Waals surface area contributed by atoms with E-state index in [0.717, 1.165) is 26.1 Å². The molecule has 0 unspecified atom stereocenters. The van der Waals surface area contributed by atoms with E-state index < -0.39 is 0 Å². The molecule has 1 atom stereocenters. The normalized spacial score (nSPS) is 19.2. The second-order valence-electron chi connectivity index (χ2n) is 4.13. The molecule has 1 aliphatic heterocycles. The van der Waals surface area contributed by atoms with E-state index in [1.54, 1.807) is 12.3 Å². The maximum atomic E-state index is 11.8. The first-order chi connectivity index (χ1) is 8.27. The number of rotatable bonds is 4. The Balaban J connectivity index is 1.79. The number of carbonyl (C=O) groups excluding carboxylic acids is 1. The summed E-state index contributed by atoms with van der Waals surface area (Å²) in [5, 5.41) is 3.24. The van der Waals surface area contributed by atoms with Gasteiger partial charge in [0.05, 0.1) is 10.6 Å². The minimum atomic E-state index is -0.142. The zero-order valence-electron chi connectivity index (χ0n) is 9.49. The van der Waals surface area contributed by atoms with Crippen molar-refractivity contribution in [1.29, 1.82) is 0 Å². The first-order valence-corrected chi connectivity index (χ1v) is 6.10. The predicted molar refractivity (Wildman–Crippen MR) is 65.1 cm³/mol. The molecule has 0 radical (unpaired) electrons. The maximum Gasteiger partial charge on any atom is 0.252 e. The summed E-state index contributed by atoms with van der Waals surface area (Å²) in [6, 6.07) is 1.62. The van der Waals surface area contributed by atoms with Gasteiger partial charge in [0.1, 0.15) is 0 Å². The smallest absolute Gasteiger partial charge is 0.252 e. The summed E-state index contributed by atoms with van der Waals surface area (Å²) in [6.07, 6.45) is 5.08. The Kier molecular flexibility index (Phi) is 4.34. The number of aromatic nitrogens is 1. The molecule has 2 heterocycles. The van der Waals surface area contributed by atoms with Crippen molar-refractivity contribution in [2.24, 2.45) is 5.92 Å². The lowest BCUT2D eigenvalue weighted by Crippen LogP contribution is -2.26. The molecule has 1 N–H and O–H groups in total. The van der Waals surface area contributed by atoms with E-state index in [1.807, 2.05) is 0 Å². The minimum absolute atomic E-state index is 0.142. The molecule has 1 aromatic heterocycles. The van der Waals surface area contributed by atoms with E-state index >= 15 is 0 Å². The molecule has 4 nitrogen and oxygen atoms in total. The van der Waals surface area contributed by atoms with Gasteiger partial charge in [-0.1, -0.05) is 11.6 Å². The zero-order chi connectivity index (χ0) is 12.1. The van der Waals surface area contributed by atoms with Gasteiger partial charge < -0.3 is 10.1 Å². The Bertz CT molecular complexity index is 392. The Morgan fingerprint density at radius 2 is 2.53 bits per heavy atom. The van der Waals surface area contributed by atoms with Crippen molar-refractivity contribution in [2.75, 3.05) is 19.8 Å². The molecule has 92 valence electrons. The number of hydrogen-bond acceptors (Lipinski definition) is 3. The third kappa shape index (κ3) is 3.41. The van der Waals surface area contributed by atoms with Crippen LogP contribution < -0.4 is 5.32 Å². The fraction of sp³-hybridized carbons (Fsp3) is 0.500. The fourth-order valence-electron chi connectivity index (χ4n) is 1.86. The van der Waals surface area contributed by atoms with Gasteiger partial charge in [0, 0.05) is 32.2 Å². The van der Waals surface area contributed by atoms with Crippen molar-refractivity contribution < 1.29 is 9.53 Å². The summed E-state index contributed by atoms with van der Waals surface area (Å²) in [7, 11) is 0. The van der Waals surface area contributed by atoms with Gasteiger partial charge in [-0.05, 0) is 24.8 Å². The van der Waals surface area contributed by atoms with Crippen LogP contribution in [0.25, 0.3) is 0 Å². The number of ether oxygens (including phenoxy) is 1. The van der Waals surface area contributed by atoms with Crippen molar-refractivity contribution in [1.82, 2.24) is 10.3 Å². The average molecular weight is 255 g/mol. The Labute approximate surface area is 105 Å². The molecule has 2 rings (SSSR count). The second kappa shape index (κ2) is 5.98. The van der Waals surface area contributed by atoms with Gasteiger partial charge in [-0.25, -0.2) is 0 Å². The molecule has 1 aromatic rings. The molecular formula is C12H15ClN2O2. The van der Waals surface area contributed by atoms with E-state index in [-0.39, 0.29) is 5.91 Å².